The first-order valence-electron chi connectivity index (χ1n) is 5.54. The molecule has 1 saturated carbocycles. The molecule has 0 aromatic carbocycles. The number of hydrogen-bond acceptors (Lipinski definition) is 2. The van der Waals surface area contributed by atoms with Crippen molar-refractivity contribution in [2.24, 2.45) is 0 Å². The van der Waals surface area contributed by atoms with Crippen LogP contribution in [0, 0.1) is 0 Å². The lowest BCUT2D eigenvalue weighted by molar-refractivity contribution is -0.120. The van der Waals surface area contributed by atoms with Gasteiger partial charge in [0.1, 0.15) is 5.78 Å². The molecule has 2 heteroatoms. The van der Waals surface area contributed by atoms with E-state index in [9.17, 15) is 4.79 Å². The van der Waals surface area contributed by atoms with Gasteiger partial charge < -0.3 is 5.32 Å². The Morgan fingerprint density at radius 2 is 1.85 bits per heavy atom. The lowest BCUT2D eigenvalue weighted by Crippen LogP contribution is -2.40. The van der Waals surface area contributed by atoms with E-state index in [4.69, 9.17) is 0 Å². The summed E-state index contributed by atoms with van der Waals surface area (Å²) in [7, 11) is 0. The van der Waals surface area contributed by atoms with Crippen molar-refractivity contribution in [2.45, 2.75) is 64.5 Å². The zero-order valence-electron chi connectivity index (χ0n) is 8.81. The molecule has 13 heavy (non-hydrogen) atoms. The van der Waals surface area contributed by atoms with Gasteiger partial charge in [-0.05, 0) is 25.7 Å². The van der Waals surface area contributed by atoms with E-state index in [2.05, 4.69) is 19.2 Å². The van der Waals surface area contributed by atoms with Crippen LogP contribution in [0.15, 0.2) is 0 Å². The second-order valence-corrected chi connectivity index (χ2v) is 3.99. The molecule has 2 nitrogen and oxygen atoms in total. The summed E-state index contributed by atoms with van der Waals surface area (Å²) >= 11 is 0. The van der Waals surface area contributed by atoms with Crippen LogP contribution < -0.4 is 5.32 Å². The minimum absolute atomic E-state index is 0.447. The summed E-state index contributed by atoms with van der Waals surface area (Å²) in [6.45, 7) is 4.43. The summed E-state index contributed by atoms with van der Waals surface area (Å²) in [6.07, 6.45) is 6.07. The van der Waals surface area contributed by atoms with Crippen LogP contribution in [0.3, 0.4) is 0 Å². The van der Waals surface area contributed by atoms with E-state index in [1.807, 2.05) is 0 Å². The molecule has 76 valence electrons. The monoisotopic (exact) mass is 183 g/mol. The molecule has 1 N–H and O–H groups in total. The van der Waals surface area contributed by atoms with Gasteiger partial charge in [-0.3, -0.25) is 4.79 Å². The lowest BCUT2D eigenvalue weighted by atomic mass is 9.93. The van der Waals surface area contributed by atoms with Crippen molar-refractivity contribution in [1.82, 2.24) is 5.32 Å². The van der Waals surface area contributed by atoms with Gasteiger partial charge in [-0.15, -0.1) is 0 Å². The van der Waals surface area contributed by atoms with Crippen molar-refractivity contribution < 1.29 is 4.79 Å². The zero-order chi connectivity index (χ0) is 9.68. The Labute approximate surface area is 81.1 Å². The maximum absolute atomic E-state index is 11.0. The summed E-state index contributed by atoms with van der Waals surface area (Å²) in [5, 5.41) is 3.62. The summed E-state index contributed by atoms with van der Waals surface area (Å²) < 4.78 is 0. The molecule has 0 amide bonds. The molecule has 0 heterocycles. The van der Waals surface area contributed by atoms with Crippen LogP contribution in [0.4, 0.5) is 0 Å². The second kappa shape index (κ2) is 5.38. The first kappa shape index (κ1) is 10.7. The van der Waals surface area contributed by atoms with Gasteiger partial charge in [0.15, 0.2) is 0 Å². The molecule has 0 spiro atoms. The Bertz CT molecular complexity index is 153. The summed E-state index contributed by atoms with van der Waals surface area (Å²) in [6, 6.07) is 1.25. The number of rotatable bonds is 4. The van der Waals surface area contributed by atoms with Crippen LogP contribution in [0.5, 0.6) is 0 Å². The molecule has 0 aromatic rings. The largest absolute Gasteiger partial charge is 0.311 e. The van der Waals surface area contributed by atoms with Crippen LogP contribution in [0.2, 0.25) is 0 Å². The fraction of sp³-hybridized carbons (Fsp3) is 0.909. The van der Waals surface area contributed by atoms with Gasteiger partial charge in [0.25, 0.3) is 0 Å². The molecule has 1 aliphatic carbocycles. The third-order valence-electron chi connectivity index (χ3n) is 3.00. The highest BCUT2D eigenvalue weighted by molar-refractivity contribution is 5.79. The van der Waals surface area contributed by atoms with Gasteiger partial charge in [0.05, 0.1) is 0 Å². The Morgan fingerprint density at radius 3 is 2.31 bits per heavy atom. The molecule has 0 aliphatic heterocycles. The zero-order valence-corrected chi connectivity index (χ0v) is 8.81. The normalized spacial score (nSPS) is 19.8. The number of carbonyl (C=O) groups excluding carboxylic acids is 1. The van der Waals surface area contributed by atoms with E-state index >= 15 is 0 Å². The standard InChI is InChI=1S/C11H21NO/c1-3-9(4-2)12-10-5-7-11(13)8-6-10/h9-10,12H,3-8H2,1-2H3. The van der Waals surface area contributed by atoms with E-state index in [1.54, 1.807) is 0 Å². The van der Waals surface area contributed by atoms with Crippen molar-refractivity contribution in [2.75, 3.05) is 0 Å². The van der Waals surface area contributed by atoms with Crippen molar-refractivity contribution in [3.8, 4) is 0 Å². The van der Waals surface area contributed by atoms with Crippen LogP contribution >= 0.6 is 0 Å². The van der Waals surface area contributed by atoms with Gasteiger partial charge in [-0.2, -0.15) is 0 Å². The number of carbonyl (C=O) groups is 1. The molecule has 0 radical (unpaired) electrons. The quantitative estimate of drug-likeness (QED) is 0.724. The molecule has 0 aromatic heterocycles. The number of Topliss-reactive ketones (excluding diaryl/α,β-unsaturated/α-hetero) is 1. The number of hydrogen-bond donors (Lipinski definition) is 1. The average Bonchev–Trinajstić information content (AvgIpc) is 2.17. The highest BCUT2D eigenvalue weighted by atomic mass is 16.1. The second-order valence-electron chi connectivity index (χ2n) is 3.99. The minimum Gasteiger partial charge on any atom is -0.311 e. The van der Waals surface area contributed by atoms with Crippen LogP contribution in [-0.2, 0) is 4.79 Å². The van der Waals surface area contributed by atoms with E-state index < -0.39 is 0 Å². The van der Waals surface area contributed by atoms with Crippen molar-refractivity contribution in [1.29, 1.82) is 0 Å². The highest BCUT2D eigenvalue weighted by Gasteiger charge is 2.19. The molecule has 0 bridgehead atoms. The van der Waals surface area contributed by atoms with Gasteiger partial charge in [-0.1, -0.05) is 13.8 Å². The van der Waals surface area contributed by atoms with E-state index in [0.29, 0.717) is 17.9 Å². The fourth-order valence-electron chi connectivity index (χ4n) is 1.96. The predicted octanol–water partition coefficient (Wildman–Crippen LogP) is 2.28. The van der Waals surface area contributed by atoms with Crippen molar-refractivity contribution in [3.05, 3.63) is 0 Å². The molecule has 0 unspecified atom stereocenters. The molecular formula is C11H21NO. The van der Waals surface area contributed by atoms with Gasteiger partial charge in [0.2, 0.25) is 0 Å². The Morgan fingerprint density at radius 1 is 1.31 bits per heavy atom. The highest BCUT2D eigenvalue weighted by Crippen LogP contribution is 2.16. The van der Waals surface area contributed by atoms with E-state index in [0.717, 1.165) is 25.7 Å². The van der Waals surface area contributed by atoms with Gasteiger partial charge in [0, 0.05) is 24.9 Å². The minimum atomic E-state index is 0.447. The maximum atomic E-state index is 11.0. The van der Waals surface area contributed by atoms with Crippen LogP contribution in [-0.4, -0.2) is 17.9 Å². The molecule has 0 saturated heterocycles. The molecule has 0 atom stereocenters. The topological polar surface area (TPSA) is 29.1 Å². The number of nitrogens with one attached hydrogen (secondary N) is 1. The Kier molecular flexibility index (Phi) is 4.43. The Hall–Kier alpha value is -0.370. The summed E-state index contributed by atoms with van der Waals surface area (Å²) in [5.74, 6) is 0.447. The third kappa shape index (κ3) is 3.47. The molecule has 1 fully saturated rings. The smallest absolute Gasteiger partial charge is 0.133 e. The Balaban J connectivity index is 2.24. The third-order valence-corrected chi connectivity index (χ3v) is 3.00. The van der Waals surface area contributed by atoms with Crippen LogP contribution in [0.1, 0.15) is 52.4 Å². The van der Waals surface area contributed by atoms with Gasteiger partial charge >= 0.3 is 0 Å². The average molecular weight is 183 g/mol. The fourth-order valence-corrected chi connectivity index (χ4v) is 1.96. The van der Waals surface area contributed by atoms with Crippen molar-refractivity contribution >= 4 is 5.78 Å². The SMILES string of the molecule is CCC(CC)NC1CCC(=O)CC1. The molecule has 1 aliphatic rings. The first-order chi connectivity index (χ1) is 6.26. The molecule has 1 rings (SSSR count). The maximum Gasteiger partial charge on any atom is 0.133 e. The van der Waals surface area contributed by atoms with E-state index in [1.165, 1.54) is 12.8 Å². The number of ketones is 1. The summed E-state index contributed by atoms with van der Waals surface area (Å²) in [5.41, 5.74) is 0. The first-order valence-corrected chi connectivity index (χ1v) is 5.54. The van der Waals surface area contributed by atoms with E-state index in [-0.39, 0.29) is 0 Å². The summed E-state index contributed by atoms with van der Waals surface area (Å²) in [4.78, 5) is 11.0. The van der Waals surface area contributed by atoms with Gasteiger partial charge in [-0.25, -0.2) is 0 Å². The molecular weight excluding hydrogens is 162 g/mol. The predicted molar refractivity (Wildman–Crippen MR) is 54.8 cm³/mol. The van der Waals surface area contributed by atoms with Crippen LogP contribution in [0.25, 0.3) is 0 Å². The lowest BCUT2D eigenvalue weighted by Gasteiger charge is -2.26. The van der Waals surface area contributed by atoms with Crippen molar-refractivity contribution in [3.63, 3.8) is 0 Å².